The predicted molar refractivity (Wildman–Crippen MR) is 119 cm³/mol. The molecule has 3 rings (SSSR count). The number of carbonyl (C=O) groups is 1. The van der Waals surface area contributed by atoms with Gasteiger partial charge in [0.15, 0.2) is 0 Å². The van der Waals surface area contributed by atoms with Crippen LogP contribution in [0.2, 0.25) is 0 Å². The second-order valence-electron chi connectivity index (χ2n) is 7.41. The third-order valence-electron chi connectivity index (χ3n) is 4.95. The summed E-state index contributed by atoms with van der Waals surface area (Å²) in [6.45, 7) is 4.46. The summed E-state index contributed by atoms with van der Waals surface area (Å²) in [6, 6.07) is 18.3. The highest BCUT2D eigenvalue weighted by atomic mass is 32.2. The number of rotatable bonds is 8. The fourth-order valence-electron chi connectivity index (χ4n) is 3.37. The van der Waals surface area contributed by atoms with E-state index in [9.17, 15) is 13.2 Å². The fourth-order valence-corrected chi connectivity index (χ4v) is 4.42. The van der Waals surface area contributed by atoms with Crippen LogP contribution in [0.3, 0.4) is 0 Å². The molecule has 1 aromatic rings. The van der Waals surface area contributed by atoms with Gasteiger partial charge in [-0.05, 0) is 58.4 Å². The summed E-state index contributed by atoms with van der Waals surface area (Å²) in [5.41, 5.74) is 4.88. The van der Waals surface area contributed by atoms with E-state index >= 15 is 0 Å². The van der Waals surface area contributed by atoms with Crippen molar-refractivity contribution >= 4 is 22.1 Å². The highest BCUT2D eigenvalue weighted by Crippen LogP contribution is 2.35. The van der Waals surface area contributed by atoms with Crippen molar-refractivity contribution in [2.75, 3.05) is 6.54 Å². The van der Waals surface area contributed by atoms with Crippen molar-refractivity contribution in [3.05, 3.63) is 83.4 Å². The minimum absolute atomic E-state index is 0.232. The maximum Gasteiger partial charge on any atom is 0.328 e. The highest BCUT2D eigenvalue weighted by Gasteiger charge is 2.17. The van der Waals surface area contributed by atoms with Crippen molar-refractivity contribution < 1.29 is 18.3 Å². The van der Waals surface area contributed by atoms with E-state index in [0.717, 1.165) is 33.9 Å². The first-order chi connectivity index (χ1) is 14.3. The largest absolute Gasteiger partial charge is 0.478 e. The molecule has 156 valence electrons. The SMILES string of the molecule is CC(C)c1cccc2c(CCNS(=O)(=O)c3ccccc3)cc(/C=C/C(=O)O)c-2c1. The molecule has 0 saturated heterocycles. The molecule has 0 amide bonds. The highest BCUT2D eigenvalue weighted by molar-refractivity contribution is 7.89. The van der Waals surface area contributed by atoms with Gasteiger partial charge < -0.3 is 5.11 Å². The van der Waals surface area contributed by atoms with Crippen LogP contribution in [-0.4, -0.2) is 26.0 Å². The molecule has 0 radical (unpaired) electrons. The molecule has 0 unspecified atom stereocenters. The molecule has 0 saturated carbocycles. The van der Waals surface area contributed by atoms with Gasteiger partial charge in [0, 0.05) is 12.6 Å². The quantitative estimate of drug-likeness (QED) is 0.521. The second-order valence-corrected chi connectivity index (χ2v) is 9.18. The summed E-state index contributed by atoms with van der Waals surface area (Å²) in [6.07, 6.45) is 3.20. The third-order valence-corrected chi connectivity index (χ3v) is 6.43. The predicted octanol–water partition coefficient (Wildman–Crippen LogP) is 4.53. The molecule has 0 heterocycles. The lowest BCUT2D eigenvalue weighted by Crippen LogP contribution is -2.25. The number of benzene rings is 1. The Bertz CT molecular complexity index is 1140. The van der Waals surface area contributed by atoms with Crippen molar-refractivity contribution in [2.24, 2.45) is 0 Å². The summed E-state index contributed by atoms with van der Waals surface area (Å²) in [4.78, 5) is 11.2. The third kappa shape index (κ3) is 5.14. The van der Waals surface area contributed by atoms with Crippen LogP contribution in [0.5, 0.6) is 0 Å². The van der Waals surface area contributed by atoms with Crippen molar-refractivity contribution in [2.45, 2.75) is 31.1 Å². The second kappa shape index (κ2) is 9.24. The number of nitrogens with one attached hydrogen (secondary N) is 1. The minimum Gasteiger partial charge on any atom is -0.478 e. The van der Waals surface area contributed by atoms with Gasteiger partial charge in [-0.3, -0.25) is 0 Å². The molecule has 1 aromatic carbocycles. The van der Waals surface area contributed by atoms with Gasteiger partial charge in [0.1, 0.15) is 0 Å². The van der Waals surface area contributed by atoms with Crippen LogP contribution in [0.1, 0.15) is 36.5 Å². The van der Waals surface area contributed by atoms with E-state index in [0.29, 0.717) is 12.3 Å². The maximum atomic E-state index is 12.5. The number of carboxylic acid groups (broad SMARTS) is 1. The first kappa shape index (κ1) is 21.7. The van der Waals surface area contributed by atoms with Crippen LogP contribution in [0.15, 0.2) is 71.6 Å². The standard InChI is InChI=1S/C24H25NO4S/c1-17(2)18-7-6-10-22-20(15-19(23(22)16-18)11-12-24(26)27)13-14-25-30(28,29)21-8-4-3-5-9-21/h3-12,15-17,25H,13-14H2,1-2H3,(H,26,27)/b12-11+. The van der Waals surface area contributed by atoms with Crippen molar-refractivity contribution in [3.63, 3.8) is 0 Å². The Hall–Kier alpha value is -2.96. The molecule has 0 atom stereocenters. The number of fused-ring (bicyclic) bond motifs is 1. The molecule has 0 spiro atoms. The van der Waals surface area contributed by atoms with Gasteiger partial charge in [-0.2, -0.15) is 0 Å². The Morgan fingerprint density at radius 1 is 1.03 bits per heavy atom. The number of hydrogen-bond donors (Lipinski definition) is 2. The van der Waals surface area contributed by atoms with Crippen LogP contribution in [0.4, 0.5) is 0 Å². The topological polar surface area (TPSA) is 83.5 Å². The monoisotopic (exact) mass is 423 g/mol. The molecule has 2 N–H and O–H groups in total. The van der Waals surface area contributed by atoms with E-state index < -0.39 is 16.0 Å². The van der Waals surface area contributed by atoms with Gasteiger partial charge in [0.05, 0.1) is 4.90 Å². The molecule has 6 heteroatoms. The van der Waals surface area contributed by atoms with Crippen LogP contribution >= 0.6 is 0 Å². The number of hydrogen-bond acceptors (Lipinski definition) is 3. The Morgan fingerprint density at radius 2 is 1.77 bits per heavy atom. The fraction of sp³-hybridized carbons (Fsp3) is 0.208. The molecule has 0 bridgehead atoms. The first-order valence-electron chi connectivity index (χ1n) is 9.79. The molecule has 2 aliphatic rings. The van der Waals surface area contributed by atoms with Gasteiger partial charge in [-0.25, -0.2) is 17.9 Å². The van der Waals surface area contributed by atoms with E-state index in [2.05, 4.69) is 30.7 Å². The van der Waals surface area contributed by atoms with Crippen molar-refractivity contribution in [3.8, 4) is 11.1 Å². The van der Waals surface area contributed by atoms with E-state index in [-0.39, 0.29) is 11.4 Å². The van der Waals surface area contributed by atoms with E-state index in [4.69, 9.17) is 5.11 Å². The van der Waals surface area contributed by atoms with Gasteiger partial charge >= 0.3 is 5.97 Å². The van der Waals surface area contributed by atoms with Crippen LogP contribution in [0.25, 0.3) is 17.2 Å². The molecule has 5 nitrogen and oxygen atoms in total. The van der Waals surface area contributed by atoms with Crippen LogP contribution in [-0.2, 0) is 21.2 Å². The van der Waals surface area contributed by atoms with Crippen LogP contribution in [0, 0.1) is 0 Å². The molecule has 0 aliphatic heterocycles. The average Bonchev–Trinajstić information content (AvgIpc) is 2.88. The Morgan fingerprint density at radius 3 is 2.43 bits per heavy atom. The summed E-state index contributed by atoms with van der Waals surface area (Å²) < 4.78 is 27.5. The zero-order valence-corrected chi connectivity index (χ0v) is 17.8. The van der Waals surface area contributed by atoms with Crippen molar-refractivity contribution in [1.82, 2.24) is 4.72 Å². The van der Waals surface area contributed by atoms with E-state index in [1.807, 2.05) is 18.2 Å². The maximum absolute atomic E-state index is 12.5. The summed E-state index contributed by atoms with van der Waals surface area (Å²) in [5.74, 6) is -0.682. The Balaban J connectivity index is 1.88. The van der Waals surface area contributed by atoms with Crippen molar-refractivity contribution in [1.29, 1.82) is 0 Å². The molecule has 30 heavy (non-hydrogen) atoms. The summed E-state index contributed by atoms with van der Waals surface area (Å²) in [5, 5.41) is 9.02. The molecule has 0 fully saturated rings. The number of sulfonamides is 1. The van der Waals surface area contributed by atoms with Gasteiger partial charge in [-0.1, -0.05) is 62.4 Å². The van der Waals surface area contributed by atoms with Gasteiger partial charge in [0.2, 0.25) is 10.0 Å². The summed E-state index contributed by atoms with van der Waals surface area (Å²) >= 11 is 0. The first-order valence-corrected chi connectivity index (χ1v) is 11.3. The zero-order valence-electron chi connectivity index (χ0n) is 17.0. The van der Waals surface area contributed by atoms with Crippen LogP contribution < -0.4 is 4.72 Å². The minimum atomic E-state index is -3.57. The van der Waals surface area contributed by atoms with Gasteiger partial charge in [0.25, 0.3) is 0 Å². The molecular weight excluding hydrogens is 398 g/mol. The lowest BCUT2D eigenvalue weighted by Gasteiger charge is -2.07. The van der Waals surface area contributed by atoms with Gasteiger partial charge in [-0.15, -0.1) is 0 Å². The Labute approximate surface area is 177 Å². The van der Waals surface area contributed by atoms with E-state index in [1.165, 1.54) is 0 Å². The van der Waals surface area contributed by atoms with E-state index in [1.54, 1.807) is 36.4 Å². The normalized spacial score (nSPS) is 12.1. The number of aliphatic carboxylic acids is 1. The average molecular weight is 424 g/mol. The lowest BCUT2D eigenvalue weighted by atomic mass is 10.0. The smallest absolute Gasteiger partial charge is 0.328 e. The number of carboxylic acids is 1. The molecule has 0 aromatic heterocycles. The molecule has 2 aliphatic carbocycles. The lowest BCUT2D eigenvalue weighted by molar-refractivity contribution is -0.131. The Kier molecular flexibility index (Phi) is 6.70. The molecular formula is C24H25NO4S. The zero-order chi connectivity index (χ0) is 21.7. The summed E-state index contributed by atoms with van der Waals surface area (Å²) in [7, 11) is -3.57.